The van der Waals surface area contributed by atoms with E-state index in [0.29, 0.717) is 18.1 Å². The average molecular weight is 281 g/mol. The molecule has 1 aromatic carbocycles. The zero-order valence-electron chi connectivity index (χ0n) is 10.2. The number of halogens is 1. The van der Waals surface area contributed by atoms with E-state index in [-0.39, 0.29) is 10.8 Å². The first-order valence-corrected chi connectivity index (χ1v) is 6.47. The van der Waals surface area contributed by atoms with Crippen molar-refractivity contribution in [3.05, 3.63) is 51.5 Å². The highest BCUT2D eigenvalue weighted by atomic mass is 32.1. The van der Waals surface area contributed by atoms with E-state index in [1.807, 2.05) is 6.92 Å². The number of hydrogen-bond donors (Lipinski definition) is 1. The van der Waals surface area contributed by atoms with Crippen LogP contribution < -0.4 is 5.32 Å². The minimum absolute atomic E-state index is 0.0143. The molecule has 2 aromatic rings. The zero-order chi connectivity index (χ0) is 13.8. The summed E-state index contributed by atoms with van der Waals surface area (Å²) in [7, 11) is 0. The fourth-order valence-corrected chi connectivity index (χ4v) is 2.33. The third kappa shape index (κ3) is 3.47. The predicted octanol–water partition coefficient (Wildman–Crippen LogP) is 3.15. The molecule has 0 aliphatic heterocycles. The van der Waals surface area contributed by atoms with Crippen LogP contribution in [0.4, 0.5) is 14.5 Å². The number of anilines is 1. The average Bonchev–Trinajstić information content (AvgIpc) is 2.81. The Morgan fingerprint density at radius 2 is 2.32 bits per heavy atom. The van der Waals surface area contributed by atoms with E-state index < -0.39 is 4.92 Å². The molecular formula is C12H12FN3O2S. The normalized spacial score (nSPS) is 10.4. The fourth-order valence-electron chi connectivity index (χ4n) is 1.68. The number of rotatable bonds is 5. The minimum atomic E-state index is -0.465. The van der Waals surface area contributed by atoms with Gasteiger partial charge < -0.3 is 5.32 Å². The second-order valence-electron chi connectivity index (χ2n) is 4.01. The van der Waals surface area contributed by atoms with Gasteiger partial charge in [-0.15, -0.1) is 0 Å². The molecule has 0 aliphatic carbocycles. The van der Waals surface area contributed by atoms with Gasteiger partial charge in [-0.25, -0.2) is 9.37 Å². The Kier molecular flexibility index (Phi) is 4.06. The van der Waals surface area contributed by atoms with Crippen LogP contribution in [0.5, 0.6) is 0 Å². The van der Waals surface area contributed by atoms with Gasteiger partial charge in [-0.05, 0) is 47.9 Å². The number of aromatic nitrogens is 1. The first-order chi connectivity index (χ1) is 9.06. The van der Waals surface area contributed by atoms with Crippen LogP contribution in [0.25, 0.3) is 0 Å². The van der Waals surface area contributed by atoms with E-state index in [4.69, 9.17) is 0 Å². The lowest BCUT2D eigenvalue weighted by molar-refractivity contribution is -0.380. The highest BCUT2D eigenvalue weighted by molar-refractivity contribution is 7.18. The van der Waals surface area contributed by atoms with Crippen molar-refractivity contribution in [3.63, 3.8) is 0 Å². The molecule has 0 radical (unpaired) electrons. The summed E-state index contributed by atoms with van der Waals surface area (Å²) in [4.78, 5) is 13.9. The maximum absolute atomic E-state index is 12.9. The Bertz CT molecular complexity index is 600. The number of nitrogens with one attached hydrogen (secondary N) is 1. The molecular weight excluding hydrogens is 269 g/mol. The van der Waals surface area contributed by atoms with Crippen molar-refractivity contribution in [2.24, 2.45) is 0 Å². The van der Waals surface area contributed by atoms with Crippen LogP contribution in [-0.2, 0) is 6.42 Å². The first kappa shape index (κ1) is 13.4. The van der Waals surface area contributed by atoms with Crippen LogP contribution in [0.3, 0.4) is 0 Å². The van der Waals surface area contributed by atoms with Gasteiger partial charge in [-0.2, -0.15) is 0 Å². The van der Waals surface area contributed by atoms with Gasteiger partial charge in [-0.3, -0.25) is 10.1 Å². The summed E-state index contributed by atoms with van der Waals surface area (Å²) in [5, 5.41) is 14.1. The van der Waals surface area contributed by atoms with Crippen LogP contribution in [-0.4, -0.2) is 16.5 Å². The Morgan fingerprint density at radius 1 is 1.53 bits per heavy atom. The van der Waals surface area contributed by atoms with E-state index in [2.05, 4.69) is 10.3 Å². The van der Waals surface area contributed by atoms with Crippen molar-refractivity contribution in [3.8, 4) is 0 Å². The van der Waals surface area contributed by atoms with Crippen LogP contribution >= 0.6 is 11.3 Å². The Morgan fingerprint density at radius 3 is 2.95 bits per heavy atom. The van der Waals surface area contributed by atoms with Gasteiger partial charge in [0, 0.05) is 6.54 Å². The standard InChI is InChI=1S/C12H12FN3O2S/c1-8-6-10(13)3-2-9(8)4-5-14-12-15-7-11(19-12)16(17)18/h2-3,6-7H,4-5H2,1H3,(H,14,15). The highest BCUT2D eigenvalue weighted by Crippen LogP contribution is 2.24. The van der Waals surface area contributed by atoms with E-state index in [0.717, 1.165) is 22.5 Å². The molecule has 2 rings (SSSR count). The van der Waals surface area contributed by atoms with E-state index in [9.17, 15) is 14.5 Å². The summed E-state index contributed by atoms with van der Waals surface area (Å²) < 4.78 is 12.9. The van der Waals surface area contributed by atoms with E-state index in [1.165, 1.54) is 18.3 Å². The van der Waals surface area contributed by atoms with Gasteiger partial charge in [0.15, 0.2) is 5.13 Å². The van der Waals surface area contributed by atoms with Gasteiger partial charge in [0.2, 0.25) is 0 Å². The maximum atomic E-state index is 12.9. The van der Waals surface area contributed by atoms with Gasteiger partial charge in [0.1, 0.15) is 12.0 Å². The number of hydrogen-bond acceptors (Lipinski definition) is 5. The lowest BCUT2D eigenvalue weighted by Gasteiger charge is -2.06. The minimum Gasteiger partial charge on any atom is -0.361 e. The van der Waals surface area contributed by atoms with Gasteiger partial charge in [0.05, 0.1) is 4.92 Å². The van der Waals surface area contributed by atoms with Crippen LogP contribution in [0.1, 0.15) is 11.1 Å². The highest BCUT2D eigenvalue weighted by Gasteiger charge is 2.10. The zero-order valence-corrected chi connectivity index (χ0v) is 11.0. The molecule has 0 bridgehead atoms. The molecule has 0 saturated carbocycles. The molecule has 1 aromatic heterocycles. The number of thiazole rings is 1. The summed E-state index contributed by atoms with van der Waals surface area (Å²) in [6, 6.07) is 4.66. The number of benzene rings is 1. The maximum Gasteiger partial charge on any atom is 0.345 e. The SMILES string of the molecule is Cc1cc(F)ccc1CCNc1ncc([N+](=O)[O-])s1. The van der Waals surface area contributed by atoms with Crippen molar-refractivity contribution >= 4 is 21.5 Å². The summed E-state index contributed by atoms with van der Waals surface area (Å²) >= 11 is 1.00. The molecule has 0 saturated heterocycles. The Balaban J connectivity index is 1.90. The first-order valence-electron chi connectivity index (χ1n) is 5.65. The van der Waals surface area contributed by atoms with Crippen molar-refractivity contribution < 1.29 is 9.31 Å². The smallest absolute Gasteiger partial charge is 0.345 e. The number of nitro groups is 1. The van der Waals surface area contributed by atoms with Crippen LogP contribution in [0, 0.1) is 22.9 Å². The summed E-state index contributed by atoms with van der Waals surface area (Å²) in [6.45, 7) is 2.45. The second kappa shape index (κ2) is 5.75. The van der Waals surface area contributed by atoms with Crippen molar-refractivity contribution in [1.29, 1.82) is 0 Å². The molecule has 1 N–H and O–H groups in total. The predicted molar refractivity (Wildman–Crippen MR) is 72.1 cm³/mol. The topological polar surface area (TPSA) is 68.1 Å². The van der Waals surface area contributed by atoms with E-state index in [1.54, 1.807) is 6.07 Å². The van der Waals surface area contributed by atoms with E-state index >= 15 is 0 Å². The van der Waals surface area contributed by atoms with Crippen molar-refractivity contribution in [2.45, 2.75) is 13.3 Å². The van der Waals surface area contributed by atoms with Gasteiger partial charge >= 0.3 is 5.00 Å². The molecule has 0 atom stereocenters. The molecule has 0 unspecified atom stereocenters. The molecule has 0 amide bonds. The molecule has 100 valence electrons. The molecule has 7 heteroatoms. The monoisotopic (exact) mass is 281 g/mol. The number of nitrogens with zero attached hydrogens (tertiary/aromatic N) is 2. The molecule has 0 fully saturated rings. The molecule has 19 heavy (non-hydrogen) atoms. The Hall–Kier alpha value is -2.02. The fraction of sp³-hybridized carbons (Fsp3) is 0.250. The van der Waals surface area contributed by atoms with Crippen LogP contribution in [0.15, 0.2) is 24.4 Å². The molecule has 0 aliphatic rings. The quantitative estimate of drug-likeness (QED) is 0.675. The van der Waals surface area contributed by atoms with Gasteiger partial charge in [0.25, 0.3) is 0 Å². The third-order valence-corrected chi connectivity index (χ3v) is 3.56. The summed E-state index contributed by atoms with van der Waals surface area (Å²) in [5.41, 5.74) is 1.94. The summed E-state index contributed by atoms with van der Waals surface area (Å²) in [5.74, 6) is -0.246. The number of aryl methyl sites for hydroxylation is 1. The lowest BCUT2D eigenvalue weighted by atomic mass is 10.1. The molecule has 0 spiro atoms. The van der Waals surface area contributed by atoms with Gasteiger partial charge in [-0.1, -0.05) is 6.07 Å². The van der Waals surface area contributed by atoms with Crippen molar-refractivity contribution in [1.82, 2.24) is 4.98 Å². The molecule has 5 nitrogen and oxygen atoms in total. The van der Waals surface area contributed by atoms with Crippen molar-refractivity contribution in [2.75, 3.05) is 11.9 Å². The lowest BCUT2D eigenvalue weighted by Crippen LogP contribution is -2.05. The second-order valence-corrected chi connectivity index (χ2v) is 5.02. The Labute approximate surface area is 113 Å². The van der Waals surface area contributed by atoms with Crippen LogP contribution in [0.2, 0.25) is 0 Å². The third-order valence-electron chi connectivity index (χ3n) is 2.65. The largest absolute Gasteiger partial charge is 0.361 e. The molecule has 1 heterocycles. The summed E-state index contributed by atoms with van der Waals surface area (Å²) in [6.07, 6.45) is 1.94.